The summed E-state index contributed by atoms with van der Waals surface area (Å²) in [6.07, 6.45) is 0. The number of anilines is 1. The van der Waals surface area contributed by atoms with Crippen molar-refractivity contribution in [3.8, 4) is 5.75 Å². The van der Waals surface area contributed by atoms with Gasteiger partial charge in [0, 0.05) is 4.47 Å². The van der Waals surface area contributed by atoms with Crippen LogP contribution in [0.1, 0.15) is 15.9 Å². The summed E-state index contributed by atoms with van der Waals surface area (Å²) in [7, 11) is 1.51. The summed E-state index contributed by atoms with van der Waals surface area (Å²) in [4.78, 5) is 23.8. The lowest BCUT2D eigenvalue weighted by Gasteiger charge is -2.09. The SMILES string of the molecule is COc1cccc(C(=O)OCC(=O)Nc2ccc(C)cc2Br)c1. The topological polar surface area (TPSA) is 64.6 Å². The van der Waals surface area contributed by atoms with E-state index in [0.717, 1.165) is 10.0 Å². The third-order valence-corrected chi connectivity index (χ3v) is 3.69. The van der Waals surface area contributed by atoms with Crippen molar-refractivity contribution in [2.24, 2.45) is 0 Å². The van der Waals surface area contributed by atoms with E-state index in [0.29, 0.717) is 17.0 Å². The van der Waals surface area contributed by atoms with Crippen LogP contribution in [0.15, 0.2) is 46.9 Å². The molecule has 1 amide bonds. The van der Waals surface area contributed by atoms with Gasteiger partial charge >= 0.3 is 5.97 Å². The van der Waals surface area contributed by atoms with Crippen LogP contribution in [0.5, 0.6) is 5.75 Å². The molecule has 0 unspecified atom stereocenters. The third-order valence-electron chi connectivity index (χ3n) is 3.04. The highest BCUT2D eigenvalue weighted by Gasteiger charge is 2.12. The number of halogens is 1. The minimum atomic E-state index is -0.581. The lowest BCUT2D eigenvalue weighted by molar-refractivity contribution is -0.119. The van der Waals surface area contributed by atoms with Crippen LogP contribution in [0, 0.1) is 6.92 Å². The van der Waals surface area contributed by atoms with Gasteiger partial charge in [0.25, 0.3) is 5.91 Å². The number of aryl methyl sites for hydroxylation is 1. The van der Waals surface area contributed by atoms with E-state index in [1.165, 1.54) is 7.11 Å². The van der Waals surface area contributed by atoms with Crippen LogP contribution in [0.4, 0.5) is 5.69 Å². The molecule has 0 radical (unpaired) electrons. The summed E-state index contributed by atoms with van der Waals surface area (Å²) in [5.41, 5.74) is 2.02. The highest BCUT2D eigenvalue weighted by Crippen LogP contribution is 2.23. The quantitative estimate of drug-likeness (QED) is 0.809. The van der Waals surface area contributed by atoms with E-state index in [1.54, 1.807) is 30.3 Å². The number of ether oxygens (including phenoxy) is 2. The summed E-state index contributed by atoms with van der Waals surface area (Å²) in [6, 6.07) is 12.1. The Kier molecular flexibility index (Phi) is 5.76. The largest absolute Gasteiger partial charge is 0.497 e. The average Bonchev–Trinajstić information content (AvgIpc) is 2.55. The Balaban J connectivity index is 1.92. The van der Waals surface area contributed by atoms with Gasteiger partial charge in [0.2, 0.25) is 0 Å². The Morgan fingerprint density at radius 1 is 1.17 bits per heavy atom. The predicted molar refractivity (Wildman–Crippen MR) is 90.8 cm³/mol. The van der Waals surface area contributed by atoms with Gasteiger partial charge in [-0.25, -0.2) is 4.79 Å². The summed E-state index contributed by atoms with van der Waals surface area (Å²) >= 11 is 3.37. The first-order valence-corrected chi connectivity index (χ1v) is 7.66. The molecule has 0 fully saturated rings. The van der Waals surface area contributed by atoms with Gasteiger partial charge in [-0.3, -0.25) is 4.79 Å². The molecule has 0 saturated carbocycles. The van der Waals surface area contributed by atoms with E-state index in [-0.39, 0.29) is 6.61 Å². The zero-order valence-corrected chi connectivity index (χ0v) is 14.3. The van der Waals surface area contributed by atoms with Crippen molar-refractivity contribution in [1.29, 1.82) is 0 Å². The van der Waals surface area contributed by atoms with Crippen LogP contribution in [-0.4, -0.2) is 25.6 Å². The molecule has 5 nitrogen and oxygen atoms in total. The lowest BCUT2D eigenvalue weighted by Crippen LogP contribution is -2.21. The summed E-state index contributed by atoms with van der Waals surface area (Å²) in [5, 5.41) is 2.68. The first-order chi connectivity index (χ1) is 11.0. The highest BCUT2D eigenvalue weighted by atomic mass is 79.9. The van der Waals surface area contributed by atoms with Crippen LogP contribution in [0.2, 0.25) is 0 Å². The van der Waals surface area contributed by atoms with E-state index in [2.05, 4.69) is 21.2 Å². The van der Waals surface area contributed by atoms with Gasteiger partial charge in [-0.05, 0) is 58.7 Å². The van der Waals surface area contributed by atoms with Crippen LogP contribution < -0.4 is 10.1 Å². The molecule has 0 bridgehead atoms. The van der Waals surface area contributed by atoms with Gasteiger partial charge in [-0.2, -0.15) is 0 Å². The third kappa shape index (κ3) is 4.82. The van der Waals surface area contributed by atoms with Crippen molar-refractivity contribution >= 4 is 33.5 Å². The molecule has 6 heteroatoms. The molecule has 0 heterocycles. The first-order valence-electron chi connectivity index (χ1n) is 6.87. The number of hydrogen-bond acceptors (Lipinski definition) is 4. The molecule has 0 spiro atoms. The van der Waals surface area contributed by atoms with Crippen LogP contribution >= 0.6 is 15.9 Å². The van der Waals surface area contributed by atoms with E-state index in [4.69, 9.17) is 9.47 Å². The molecule has 0 atom stereocenters. The highest BCUT2D eigenvalue weighted by molar-refractivity contribution is 9.10. The monoisotopic (exact) mass is 377 g/mol. The van der Waals surface area contributed by atoms with Gasteiger partial charge in [0.05, 0.1) is 18.4 Å². The molecule has 2 aromatic rings. The fourth-order valence-electron chi connectivity index (χ4n) is 1.87. The molecule has 120 valence electrons. The maximum atomic E-state index is 11.9. The van der Waals surface area contributed by atoms with Gasteiger partial charge < -0.3 is 14.8 Å². The second-order valence-electron chi connectivity index (χ2n) is 4.84. The van der Waals surface area contributed by atoms with Gasteiger partial charge in [0.15, 0.2) is 6.61 Å². The number of rotatable bonds is 5. The Morgan fingerprint density at radius 3 is 2.65 bits per heavy atom. The standard InChI is InChI=1S/C17H16BrNO4/c1-11-6-7-15(14(18)8-11)19-16(20)10-23-17(21)12-4-3-5-13(9-12)22-2/h3-9H,10H2,1-2H3,(H,19,20). The van der Waals surface area contributed by atoms with E-state index < -0.39 is 11.9 Å². The molecule has 0 aromatic heterocycles. The van der Waals surface area contributed by atoms with Crippen molar-refractivity contribution in [3.05, 3.63) is 58.1 Å². The van der Waals surface area contributed by atoms with Gasteiger partial charge in [-0.1, -0.05) is 12.1 Å². The minimum absolute atomic E-state index is 0.327. The molecule has 0 aliphatic heterocycles. The fourth-order valence-corrected chi connectivity index (χ4v) is 2.46. The molecular weight excluding hydrogens is 362 g/mol. The molecule has 2 aromatic carbocycles. The Hall–Kier alpha value is -2.34. The smallest absolute Gasteiger partial charge is 0.338 e. The number of esters is 1. The number of carbonyl (C=O) groups excluding carboxylic acids is 2. The Morgan fingerprint density at radius 2 is 1.96 bits per heavy atom. The van der Waals surface area contributed by atoms with Crippen molar-refractivity contribution < 1.29 is 19.1 Å². The second-order valence-corrected chi connectivity index (χ2v) is 5.69. The summed E-state index contributed by atoms with van der Waals surface area (Å²) in [5.74, 6) is -0.444. The number of carbonyl (C=O) groups is 2. The number of benzene rings is 2. The van der Waals surface area contributed by atoms with Crippen LogP contribution in [0.25, 0.3) is 0 Å². The fraction of sp³-hybridized carbons (Fsp3) is 0.176. The summed E-state index contributed by atoms with van der Waals surface area (Å²) in [6.45, 7) is 1.59. The zero-order chi connectivity index (χ0) is 16.8. The number of hydrogen-bond donors (Lipinski definition) is 1. The average molecular weight is 378 g/mol. The molecule has 2 rings (SSSR count). The number of nitrogens with one attached hydrogen (secondary N) is 1. The Bertz CT molecular complexity index is 730. The predicted octanol–water partition coefficient (Wildman–Crippen LogP) is 3.56. The molecular formula is C17H16BrNO4. The summed E-state index contributed by atoms with van der Waals surface area (Å²) < 4.78 is 10.8. The second kappa shape index (κ2) is 7.78. The molecule has 1 N–H and O–H groups in total. The van der Waals surface area contributed by atoms with Crippen LogP contribution in [0.3, 0.4) is 0 Å². The lowest BCUT2D eigenvalue weighted by atomic mass is 10.2. The molecule has 0 saturated heterocycles. The number of methoxy groups -OCH3 is 1. The normalized spacial score (nSPS) is 10.0. The van der Waals surface area contributed by atoms with E-state index in [1.807, 2.05) is 19.1 Å². The van der Waals surface area contributed by atoms with Crippen molar-refractivity contribution in [2.75, 3.05) is 19.0 Å². The van der Waals surface area contributed by atoms with Gasteiger partial charge in [-0.15, -0.1) is 0 Å². The van der Waals surface area contributed by atoms with E-state index in [9.17, 15) is 9.59 Å². The van der Waals surface area contributed by atoms with Crippen molar-refractivity contribution in [3.63, 3.8) is 0 Å². The van der Waals surface area contributed by atoms with Crippen LogP contribution in [-0.2, 0) is 9.53 Å². The molecule has 0 aliphatic carbocycles. The van der Waals surface area contributed by atoms with Crippen molar-refractivity contribution in [1.82, 2.24) is 0 Å². The minimum Gasteiger partial charge on any atom is -0.497 e. The first kappa shape index (κ1) is 17.0. The zero-order valence-electron chi connectivity index (χ0n) is 12.8. The van der Waals surface area contributed by atoms with Crippen molar-refractivity contribution in [2.45, 2.75) is 6.92 Å². The van der Waals surface area contributed by atoms with E-state index >= 15 is 0 Å². The maximum Gasteiger partial charge on any atom is 0.338 e. The Labute approximate surface area is 142 Å². The van der Waals surface area contributed by atoms with Gasteiger partial charge in [0.1, 0.15) is 5.75 Å². The number of amides is 1. The molecule has 0 aliphatic rings. The maximum absolute atomic E-state index is 11.9. The molecule has 23 heavy (non-hydrogen) atoms.